The van der Waals surface area contributed by atoms with E-state index in [1.54, 1.807) is 0 Å². The lowest BCUT2D eigenvalue weighted by molar-refractivity contribution is 0.197. The van der Waals surface area contributed by atoms with Crippen molar-refractivity contribution in [1.29, 1.82) is 0 Å². The van der Waals surface area contributed by atoms with Gasteiger partial charge in [0.25, 0.3) is 6.02 Å². The van der Waals surface area contributed by atoms with Crippen LogP contribution in [0.15, 0.2) is 35.3 Å². The van der Waals surface area contributed by atoms with Gasteiger partial charge >= 0.3 is 0 Å². The van der Waals surface area contributed by atoms with Gasteiger partial charge in [-0.25, -0.2) is 4.99 Å². The summed E-state index contributed by atoms with van der Waals surface area (Å²) >= 11 is 0. The number of hydrogen-bond acceptors (Lipinski definition) is 3. The molecule has 0 saturated carbocycles. The molecule has 0 fully saturated rings. The minimum Gasteiger partial charge on any atom is -0.465 e. The first-order chi connectivity index (χ1) is 6.77. The number of aliphatic imine (C=N–C) groups is 1. The molecule has 74 valence electrons. The van der Waals surface area contributed by atoms with Gasteiger partial charge in [-0.3, -0.25) is 0 Å². The van der Waals surface area contributed by atoms with Crippen LogP contribution in [-0.2, 0) is 4.74 Å². The minimum atomic E-state index is 0.143. The predicted octanol–water partition coefficient (Wildman–Crippen LogP) is 1.71. The fourth-order valence-corrected chi connectivity index (χ4v) is 1.66. The largest absolute Gasteiger partial charge is 0.465 e. The summed E-state index contributed by atoms with van der Waals surface area (Å²) in [6, 6.07) is 10.6. The van der Waals surface area contributed by atoms with Crippen LogP contribution in [-0.4, -0.2) is 12.6 Å². The van der Waals surface area contributed by atoms with Crippen molar-refractivity contribution in [2.45, 2.75) is 13.0 Å². The van der Waals surface area contributed by atoms with Crippen molar-refractivity contribution >= 4 is 6.02 Å². The van der Waals surface area contributed by atoms with E-state index in [0.29, 0.717) is 18.5 Å². The molecule has 0 radical (unpaired) electrons. The highest BCUT2D eigenvalue weighted by atomic mass is 16.5. The minimum absolute atomic E-state index is 0.143. The third-order valence-corrected chi connectivity index (χ3v) is 2.44. The molecule has 1 aliphatic rings. The Bertz CT molecular complexity index is 334. The monoisotopic (exact) mass is 190 g/mol. The van der Waals surface area contributed by atoms with Gasteiger partial charge in [0.05, 0.1) is 12.6 Å². The average molecular weight is 190 g/mol. The Labute approximate surface area is 83.6 Å². The summed E-state index contributed by atoms with van der Waals surface area (Å²) in [6.45, 7) is 2.77. The third-order valence-electron chi connectivity index (χ3n) is 2.44. The molecule has 0 amide bonds. The van der Waals surface area contributed by atoms with Crippen LogP contribution in [0.1, 0.15) is 18.5 Å². The maximum Gasteiger partial charge on any atom is 0.282 e. The zero-order valence-electron chi connectivity index (χ0n) is 8.18. The number of amidine groups is 1. The highest BCUT2D eigenvalue weighted by Gasteiger charge is 2.23. The summed E-state index contributed by atoms with van der Waals surface area (Å²) in [5.41, 5.74) is 6.75. The van der Waals surface area contributed by atoms with Gasteiger partial charge in [-0.2, -0.15) is 0 Å². The van der Waals surface area contributed by atoms with Crippen LogP contribution >= 0.6 is 0 Å². The first-order valence-electron chi connectivity index (χ1n) is 4.78. The molecule has 1 aliphatic heterocycles. The Morgan fingerprint density at radius 2 is 2.07 bits per heavy atom. The molecule has 14 heavy (non-hydrogen) atoms. The van der Waals surface area contributed by atoms with Crippen molar-refractivity contribution in [3.8, 4) is 0 Å². The third kappa shape index (κ3) is 1.71. The van der Waals surface area contributed by atoms with E-state index in [1.165, 1.54) is 5.56 Å². The summed E-state index contributed by atoms with van der Waals surface area (Å²) in [4.78, 5) is 4.31. The molecular formula is C11H14N2O. The second kappa shape index (κ2) is 3.70. The van der Waals surface area contributed by atoms with E-state index < -0.39 is 0 Å². The van der Waals surface area contributed by atoms with Crippen molar-refractivity contribution in [3.05, 3.63) is 35.9 Å². The van der Waals surface area contributed by atoms with Crippen molar-refractivity contribution in [3.63, 3.8) is 0 Å². The second-order valence-electron chi connectivity index (χ2n) is 3.61. The highest BCUT2D eigenvalue weighted by Crippen LogP contribution is 2.28. The predicted molar refractivity (Wildman–Crippen MR) is 55.9 cm³/mol. The molecule has 3 heteroatoms. The van der Waals surface area contributed by atoms with Crippen LogP contribution in [0.5, 0.6) is 0 Å². The standard InChI is InChI=1S/C11H14N2O/c1-8-7-14-11(12)13-10(8)9-5-3-2-4-6-9/h2-6,8,10H,7H2,1H3,(H2,12,13)/t8-,10+/m0/s1. The van der Waals surface area contributed by atoms with Gasteiger partial charge in [-0.05, 0) is 5.56 Å². The average Bonchev–Trinajstić information content (AvgIpc) is 2.23. The van der Waals surface area contributed by atoms with Gasteiger partial charge in [0.15, 0.2) is 0 Å². The Morgan fingerprint density at radius 1 is 1.36 bits per heavy atom. The van der Waals surface area contributed by atoms with Crippen LogP contribution in [0, 0.1) is 5.92 Å². The molecule has 1 heterocycles. The molecule has 1 aromatic rings. The van der Waals surface area contributed by atoms with Gasteiger partial charge in [0.1, 0.15) is 0 Å². The molecule has 0 bridgehead atoms. The summed E-state index contributed by atoms with van der Waals surface area (Å²) in [5.74, 6) is 0.379. The number of rotatable bonds is 1. The Morgan fingerprint density at radius 3 is 2.79 bits per heavy atom. The molecular weight excluding hydrogens is 176 g/mol. The number of nitrogens with two attached hydrogens (primary N) is 1. The summed E-state index contributed by atoms with van der Waals surface area (Å²) in [5, 5.41) is 0. The Kier molecular flexibility index (Phi) is 2.39. The van der Waals surface area contributed by atoms with Crippen LogP contribution in [0.3, 0.4) is 0 Å². The van der Waals surface area contributed by atoms with E-state index in [-0.39, 0.29) is 6.04 Å². The summed E-state index contributed by atoms with van der Waals surface area (Å²) in [6.07, 6.45) is 0. The van der Waals surface area contributed by atoms with Crippen LogP contribution in [0.2, 0.25) is 0 Å². The number of hydrogen-bond donors (Lipinski definition) is 1. The molecule has 2 rings (SSSR count). The zero-order chi connectivity index (χ0) is 9.97. The SMILES string of the molecule is C[C@H]1COC(N)=N[C@H]1c1ccccc1. The Balaban J connectivity index is 2.29. The molecule has 0 unspecified atom stereocenters. The van der Waals surface area contributed by atoms with Crippen molar-refractivity contribution in [1.82, 2.24) is 0 Å². The topological polar surface area (TPSA) is 47.6 Å². The van der Waals surface area contributed by atoms with Gasteiger partial charge in [0.2, 0.25) is 0 Å². The van der Waals surface area contributed by atoms with Crippen LogP contribution in [0.4, 0.5) is 0 Å². The second-order valence-corrected chi connectivity index (χ2v) is 3.61. The highest BCUT2D eigenvalue weighted by molar-refractivity contribution is 5.72. The summed E-state index contributed by atoms with van der Waals surface area (Å²) in [7, 11) is 0. The molecule has 2 atom stereocenters. The van der Waals surface area contributed by atoms with Gasteiger partial charge in [-0.15, -0.1) is 0 Å². The van der Waals surface area contributed by atoms with Crippen molar-refractivity contribution < 1.29 is 4.74 Å². The van der Waals surface area contributed by atoms with Crippen LogP contribution < -0.4 is 5.73 Å². The first kappa shape index (κ1) is 9.06. The van der Waals surface area contributed by atoms with E-state index in [2.05, 4.69) is 24.0 Å². The fourth-order valence-electron chi connectivity index (χ4n) is 1.66. The molecule has 0 aromatic heterocycles. The first-order valence-corrected chi connectivity index (χ1v) is 4.78. The van der Waals surface area contributed by atoms with Crippen LogP contribution in [0.25, 0.3) is 0 Å². The van der Waals surface area contributed by atoms with E-state index in [1.807, 2.05) is 18.2 Å². The lowest BCUT2D eigenvalue weighted by Crippen LogP contribution is -2.29. The summed E-state index contributed by atoms with van der Waals surface area (Å²) < 4.78 is 5.17. The van der Waals surface area contributed by atoms with Gasteiger partial charge in [0, 0.05) is 5.92 Å². The fraction of sp³-hybridized carbons (Fsp3) is 0.364. The number of nitrogens with zero attached hydrogens (tertiary/aromatic N) is 1. The van der Waals surface area contributed by atoms with Crippen molar-refractivity contribution in [2.75, 3.05) is 6.61 Å². The maximum absolute atomic E-state index is 5.55. The van der Waals surface area contributed by atoms with E-state index in [4.69, 9.17) is 10.5 Å². The maximum atomic E-state index is 5.55. The molecule has 0 aliphatic carbocycles. The lowest BCUT2D eigenvalue weighted by atomic mass is 9.95. The zero-order valence-corrected chi connectivity index (χ0v) is 8.18. The van der Waals surface area contributed by atoms with Crippen molar-refractivity contribution in [2.24, 2.45) is 16.6 Å². The molecule has 2 N–H and O–H groups in total. The van der Waals surface area contributed by atoms with Gasteiger partial charge in [-0.1, -0.05) is 37.3 Å². The number of ether oxygens (including phenoxy) is 1. The Hall–Kier alpha value is -1.51. The molecule has 0 spiro atoms. The molecule has 3 nitrogen and oxygen atoms in total. The van der Waals surface area contributed by atoms with E-state index in [0.717, 1.165) is 0 Å². The quantitative estimate of drug-likeness (QED) is 0.732. The normalized spacial score (nSPS) is 26.5. The van der Waals surface area contributed by atoms with Gasteiger partial charge < -0.3 is 10.5 Å². The van der Waals surface area contributed by atoms with E-state index in [9.17, 15) is 0 Å². The lowest BCUT2D eigenvalue weighted by Gasteiger charge is -2.25. The molecule has 0 saturated heterocycles. The number of benzene rings is 1. The van der Waals surface area contributed by atoms with E-state index >= 15 is 0 Å². The molecule has 1 aromatic carbocycles. The smallest absolute Gasteiger partial charge is 0.282 e.